The van der Waals surface area contributed by atoms with Gasteiger partial charge in [-0.1, -0.05) is 0 Å². The molecular weight excluding hydrogens is 357 g/mol. The highest BCUT2D eigenvalue weighted by molar-refractivity contribution is 5.87. The zero-order valence-corrected chi connectivity index (χ0v) is 14.3. The van der Waals surface area contributed by atoms with Crippen molar-refractivity contribution in [1.82, 2.24) is 15.0 Å². The number of pyridine rings is 1. The van der Waals surface area contributed by atoms with Gasteiger partial charge in [0.15, 0.2) is 11.8 Å². The Balaban J connectivity index is 1.74. The third-order valence-corrected chi connectivity index (χ3v) is 3.75. The molecule has 0 unspecified atom stereocenters. The number of guanidine groups is 1. The van der Waals surface area contributed by atoms with Crippen LogP contribution in [-0.2, 0) is 16.1 Å². The summed E-state index contributed by atoms with van der Waals surface area (Å²) in [7, 11) is 0. The maximum absolute atomic E-state index is 14.7. The quantitative estimate of drug-likeness (QED) is 0.574. The van der Waals surface area contributed by atoms with E-state index >= 15 is 0 Å². The van der Waals surface area contributed by atoms with E-state index < -0.39 is 17.9 Å². The highest BCUT2D eigenvalue weighted by atomic mass is 19.1. The van der Waals surface area contributed by atoms with Gasteiger partial charge in [-0.3, -0.25) is 4.98 Å². The number of amides is 1. The van der Waals surface area contributed by atoms with Crippen LogP contribution in [0.2, 0.25) is 0 Å². The minimum atomic E-state index is -1.01. The first-order chi connectivity index (χ1) is 13.0. The number of morpholine rings is 1. The van der Waals surface area contributed by atoms with Gasteiger partial charge in [0.1, 0.15) is 12.3 Å². The van der Waals surface area contributed by atoms with E-state index in [-0.39, 0.29) is 17.9 Å². The SMILES string of the molecule is NC(N)=NC(=O)OCc1ccnc(-c2cnc(N3CCOCC3)nc2)c1F. The molecule has 3 heterocycles. The van der Waals surface area contributed by atoms with E-state index in [2.05, 4.69) is 19.9 Å². The Labute approximate surface area is 154 Å². The number of rotatable bonds is 4. The van der Waals surface area contributed by atoms with Crippen molar-refractivity contribution in [2.24, 2.45) is 16.5 Å². The molecule has 4 N–H and O–H groups in total. The fraction of sp³-hybridized carbons (Fsp3) is 0.312. The number of halogens is 1. The predicted octanol–water partition coefficient (Wildman–Crippen LogP) is 0.424. The molecule has 1 aliphatic heterocycles. The Morgan fingerprint density at radius 2 is 1.96 bits per heavy atom. The van der Waals surface area contributed by atoms with E-state index in [1.54, 1.807) is 0 Å². The average Bonchev–Trinajstić information content (AvgIpc) is 2.67. The molecule has 0 radical (unpaired) electrons. The molecule has 0 atom stereocenters. The van der Waals surface area contributed by atoms with Gasteiger partial charge >= 0.3 is 6.09 Å². The highest BCUT2D eigenvalue weighted by Crippen LogP contribution is 2.23. The number of carbonyl (C=O) groups excluding carboxylic acids is 1. The molecule has 142 valence electrons. The topological polar surface area (TPSA) is 142 Å². The van der Waals surface area contributed by atoms with Crippen LogP contribution in [-0.4, -0.2) is 53.3 Å². The van der Waals surface area contributed by atoms with E-state index in [9.17, 15) is 9.18 Å². The summed E-state index contributed by atoms with van der Waals surface area (Å²) in [5.74, 6) is -0.532. The molecule has 11 heteroatoms. The minimum absolute atomic E-state index is 0.0546. The monoisotopic (exact) mass is 375 g/mol. The second kappa shape index (κ2) is 8.36. The number of ether oxygens (including phenoxy) is 2. The minimum Gasteiger partial charge on any atom is -0.443 e. The maximum atomic E-state index is 14.7. The molecule has 1 fully saturated rings. The molecule has 10 nitrogen and oxygen atoms in total. The van der Waals surface area contributed by atoms with E-state index in [1.165, 1.54) is 24.7 Å². The van der Waals surface area contributed by atoms with Gasteiger partial charge in [-0.25, -0.2) is 19.2 Å². The van der Waals surface area contributed by atoms with Crippen molar-refractivity contribution >= 4 is 18.0 Å². The van der Waals surface area contributed by atoms with E-state index in [0.717, 1.165) is 0 Å². The van der Waals surface area contributed by atoms with Crippen molar-refractivity contribution in [2.75, 3.05) is 31.2 Å². The third kappa shape index (κ3) is 4.64. The fourth-order valence-corrected chi connectivity index (χ4v) is 2.44. The lowest BCUT2D eigenvalue weighted by molar-refractivity contribution is 0.122. The highest BCUT2D eigenvalue weighted by Gasteiger charge is 2.16. The Morgan fingerprint density at radius 3 is 2.63 bits per heavy atom. The number of aromatic nitrogens is 3. The van der Waals surface area contributed by atoms with Crippen LogP contribution in [0.3, 0.4) is 0 Å². The van der Waals surface area contributed by atoms with Gasteiger partial charge in [0.05, 0.1) is 13.2 Å². The lowest BCUT2D eigenvalue weighted by atomic mass is 10.1. The molecule has 0 spiro atoms. The maximum Gasteiger partial charge on any atom is 0.437 e. The fourth-order valence-electron chi connectivity index (χ4n) is 2.44. The lowest BCUT2D eigenvalue weighted by Gasteiger charge is -2.26. The number of hydrogen-bond donors (Lipinski definition) is 2. The number of anilines is 1. The van der Waals surface area contributed by atoms with Crippen molar-refractivity contribution in [3.8, 4) is 11.3 Å². The standard InChI is InChI=1S/C16H18FN7O3/c17-12-10(9-27-16(25)23-14(18)19)1-2-20-13(12)11-7-21-15(22-8-11)24-3-5-26-6-4-24/h1-2,7-8H,3-6,9H2,(H4,18,19,23,25). The summed E-state index contributed by atoms with van der Waals surface area (Å²) in [6.07, 6.45) is 3.39. The van der Waals surface area contributed by atoms with E-state index in [4.69, 9.17) is 20.9 Å². The Morgan fingerprint density at radius 1 is 1.26 bits per heavy atom. The van der Waals surface area contributed by atoms with Crippen LogP contribution in [0.5, 0.6) is 0 Å². The van der Waals surface area contributed by atoms with Crippen molar-refractivity contribution in [1.29, 1.82) is 0 Å². The van der Waals surface area contributed by atoms with Crippen LogP contribution in [0.25, 0.3) is 11.3 Å². The zero-order chi connectivity index (χ0) is 19.2. The lowest BCUT2D eigenvalue weighted by Crippen LogP contribution is -2.37. The molecular formula is C16H18FN7O3. The van der Waals surface area contributed by atoms with Crippen LogP contribution in [0.4, 0.5) is 15.1 Å². The first-order valence-corrected chi connectivity index (χ1v) is 8.09. The predicted molar refractivity (Wildman–Crippen MR) is 94.2 cm³/mol. The summed E-state index contributed by atoms with van der Waals surface area (Å²) >= 11 is 0. The van der Waals surface area contributed by atoms with Crippen molar-refractivity contribution in [2.45, 2.75) is 6.61 Å². The van der Waals surface area contributed by atoms with Crippen LogP contribution in [0.1, 0.15) is 5.56 Å². The van der Waals surface area contributed by atoms with Crippen LogP contribution >= 0.6 is 0 Å². The number of nitrogens with two attached hydrogens (primary N) is 2. The molecule has 0 saturated carbocycles. The molecule has 1 aliphatic rings. The number of carbonyl (C=O) groups is 1. The number of nitrogens with zero attached hydrogens (tertiary/aromatic N) is 5. The first kappa shape index (κ1) is 18.5. The van der Waals surface area contributed by atoms with Crippen molar-refractivity contribution in [3.05, 3.63) is 36.0 Å². The molecule has 2 aromatic rings. The first-order valence-electron chi connectivity index (χ1n) is 8.09. The smallest absolute Gasteiger partial charge is 0.437 e. The Bertz CT molecular complexity index is 834. The normalized spacial score (nSPS) is 13.9. The second-order valence-corrected chi connectivity index (χ2v) is 5.60. The number of hydrogen-bond acceptors (Lipinski definition) is 7. The third-order valence-electron chi connectivity index (χ3n) is 3.75. The molecule has 0 aromatic carbocycles. The summed E-state index contributed by atoms with van der Waals surface area (Å²) in [6, 6.07) is 1.39. The summed E-state index contributed by atoms with van der Waals surface area (Å²) in [4.78, 5) is 29.1. The summed E-state index contributed by atoms with van der Waals surface area (Å²) in [5, 5.41) is 0. The largest absolute Gasteiger partial charge is 0.443 e. The summed E-state index contributed by atoms with van der Waals surface area (Å²) in [5.41, 5.74) is 10.7. The number of aliphatic imine (C=N–C) groups is 1. The Kier molecular flexibility index (Phi) is 5.71. The summed E-state index contributed by atoms with van der Waals surface area (Å²) < 4.78 is 24.8. The van der Waals surface area contributed by atoms with E-state index in [0.29, 0.717) is 37.8 Å². The molecule has 3 rings (SSSR count). The zero-order valence-electron chi connectivity index (χ0n) is 14.3. The molecule has 1 saturated heterocycles. The average molecular weight is 375 g/mol. The van der Waals surface area contributed by atoms with Gasteiger partial charge in [0.25, 0.3) is 0 Å². The van der Waals surface area contributed by atoms with Crippen LogP contribution < -0.4 is 16.4 Å². The molecule has 0 bridgehead atoms. The Hall–Kier alpha value is -3.34. The van der Waals surface area contributed by atoms with E-state index in [1.807, 2.05) is 4.90 Å². The van der Waals surface area contributed by atoms with Gasteiger partial charge in [0.2, 0.25) is 5.95 Å². The van der Waals surface area contributed by atoms with Gasteiger partial charge < -0.3 is 25.8 Å². The van der Waals surface area contributed by atoms with Gasteiger partial charge in [-0.2, -0.15) is 0 Å². The molecule has 2 aromatic heterocycles. The van der Waals surface area contributed by atoms with Crippen LogP contribution in [0.15, 0.2) is 29.6 Å². The van der Waals surface area contributed by atoms with Gasteiger partial charge in [-0.15, -0.1) is 4.99 Å². The van der Waals surface area contributed by atoms with Crippen molar-refractivity contribution < 1.29 is 18.7 Å². The van der Waals surface area contributed by atoms with Crippen LogP contribution in [0, 0.1) is 5.82 Å². The molecule has 27 heavy (non-hydrogen) atoms. The van der Waals surface area contributed by atoms with Gasteiger partial charge in [-0.05, 0) is 6.07 Å². The van der Waals surface area contributed by atoms with Crippen molar-refractivity contribution in [3.63, 3.8) is 0 Å². The van der Waals surface area contributed by atoms with Gasteiger partial charge in [0, 0.05) is 42.8 Å². The summed E-state index contributed by atoms with van der Waals surface area (Å²) in [6.45, 7) is 2.28. The molecule has 0 aliphatic carbocycles. The molecule has 1 amide bonds. The second-order valence-electron chi connectivity index (χ2n) is 5.60.